The molecule has 0 aliphatic heterocycles. The first-order valence-corrected chi connectivity index (χ1v) is 5.76. The molecule has 1 atom stereocenters. The van der Waals surface area contributed by atoms with Crippen LogP contribution in [0.3, 0.4) is 0 Å². The Bertz CT molecular complexity index is 487. The monoisotopic (exact) mass is 287 g/mol. The zero-order valence-corrected chi connectivity index (χ0v) is 11.4. The van der Waals surface area contributed by atoms with Gasteiger partial charge in [0.25, 0.3) is 0 Å². The summed E-state index contributed by atoms with van der Waals surface area (Å²) in [6, 6.07) is 0. The van der Waals surface area contributed by atoms with Crippen LogP contribution in [0.1, 0.15) is 31.1 Å². The van der Waals surface area contributed by atoms with Crippen LogP contribution in [0.5, 0.6) is 0 Å². The molecule has 2 N–H and O–H groups in total. The number of nitrogens with zero attached hydrogens (tertiary/aromatic N) is 2. The molecule has 7 nitrogen and oxygen atoms in total. The summed E-state index contributed by atoms with van der Waals surface area (Å²) in [5.41, 5.74) is -0.785. The van der Waals surface area contributed by atoms with Gasteiger partial charge in [0, 0.05) is 6.20 Å². The first kappa shape index (κ1) is 15.3. The number of nitrogens with one attached hydrogen (secondary N) is 1. The van der Waals surface area contributed by atoms with Gasteiger partial charge in [0.1, 0.15) is 11.4 Å². The van der Waals surface area contributed by atoms with Crippen molar-refractivity contribution in [3.05, 3.63) is 17.0 Å². The molecule has 0 spiro atoms. The summed E-state index contributed by atoms with van der Waals surface area (Å²) in [5.74, 6) is -1.31. The van der Waals surface area contributed by atoms with E-state index in [0.29, 0.717) is 6.29 Å². The van der Waals surface area contributed by atoms with E-state index in [1.54, 1.807) is 20.8 Å². The van der Waals surface area contributed by atoms with E-state index in [1.807, 2.05) is 0 Å². The Morgan fingerprint density at radius 2 is 2.21 bits per heavy atom. The van der Waals surface area contributed by atoms with E-state index in [2.05, 4.69) is 15.3 Å². The molecule has 0 amide bonds. The molecule has 0 bridgehead atoms. The molecule has 8 heteroatoms. The molecule has 0 saturated heterocycles. The summed E-state index contributed by atoms with van der Waals surface area (Å²) in [5, 5.41) is 11.4. The average molecular weight is 288 g/mol. The Labute approximate surface area is 115 Å². The van der Waals surface area contributed by atoms with Gasteiger partial charge in [-0.3, -0.25) is 4.79 Å². The number of carbonyl (C=O) groups excluding carboxylic acids is 1. The van der Waals surface area contributed by atoms with Crippen molar-refractivity contribution in [2.24, 2.45) is 0 Å². The molecular formula is C11H14ClN3O4. The highest BCUT2D eigenvalue weighted by atomic mass is 35.5. The van der Waals surface area contributed by atoms with E-state index in [9.17, 15) is 9.59 Å². The van der Waals surface area contributed by atoms with Crippen molar-refractivity contribution in [1.82, 2.24) is 9.97 Å². The number of carbonyl (C=O) groups is 2. The first-order valence-electron chi connectivity index (χ1n) is 5.38. The fraction of sp³-hybridized carbons (Fsp3) is 0.455. The van der Waals surface area contributed by atoms with Crippen LogP contribution in [0.25, 0.3) is 0 Å². The number of aldehydes is 1. The minimum Gasteiger partial charge on any atom is -0.477 e. The van der Waals surface area contributed by atoms with Gasteiger partial charge < -0.3 is 15.2 Å². The Kier molecular flexibility index (Phi) is 4.79. The fourth-order valence-corrected chi connectivity index (χ4v) is 1.37. The van der Waals surface area contributed by atoms with Crippen LogP contribution in [0, 0.1) is 0 Å². The van der Waals surface area contributed by atoms with Crippen molar-refractivity contribution in [3.63, 3.8) is 0 Å². The molecule has 0 fully saturated rings. The molecular weight excluding hydrogens is 274 g/mol. The highest BCUT2D eigenvalue weighted by molar-refractivity contribution is 6.28. The fourth-order valence-electron chi connectivity index (χ4n) is 1.23. The van der Waals surface area contributed by atoms with E-state index in [-0.39, 0.29) is 16.7 Å². The molecule has 1 unspecified atom stereocenters. The van der Waals surface area contributed by atoms with Crippen molar-refractivity contribution in [3.8, 4) is 0 Å². The molecule has 104 valence electrons. The van der Waals surface area contributed by atoms with Crippen LogP contribution >= 0.6 is 11.6 Å². The van der Waals surface area contributed by atoms with Crippen molar-refractivity contribution in [1.29, 1.82) is 0 Å². The van der Waals surface area contributed by atoms with Crippen LogP contribution in [0.2, 0.25) is 5.28 Å². The van der Waals surface area contributed by atoms with Crippen molar-refractivity contribution >= 4 is 29.7 Å². The molecule has 1 rings (SSSR count). The summed E-state index contributed by atoms with van der Waals surface area (Å²) >= 11 is 5.60. The van der Waals surface area contributed by atoms with Crippen LogP contribution in [-0.4, -0.2) is 39.2 Å². The van der Waals surface area contributed by atoms with Gasteiger partial charge in [-0.1, -0.05) is 0 Å². The molecule has 0 saturated carbocycles. The molecule has 0 aliphatic rings. The van der Waals surface area contributed by atoms with E-state index < -0.39 is 17.8 Å². The number of aromatic nitrogens is 2. The largest absolute Gasteiger partial charge is 0.477 e. The smallest absolute Gasteiger partial charge is 0.341 e. The second kappa shape index (κ2) is 5.94. The number of anilines is 1. The zero-order valence-electron chi connectivity index (χ0n) is 10.7. The Morgan fingerprint density at radius 3 is 2.68 bits per heavy atom. The maximum Gasteiger partial charge on any atom is 0.341 e. The number of rotatable bonds is 5. The molecule has 1 aromatic rings. The molecule has 19 heavy (non-hydrogen) atoms. The topological polar surface area (TPSA) is 101 Å². The van der Waals surface area contributed by atoms with Crippen molar-refractivity contribution < 1.29 is 19.4 Å². The lowest BCUT2D eigenvalue weighted by Gasteiger charge is -2.25. The lowest BCUT2D eigenvalue weighted by atomic mass is 10.2. The normalized spacial score (nSPS) is 12.8. The van der Waals surface area contributed by atoms with Crippen molar-refractivity contribution in [2.45, 2.75) is 32.6 Å². The van der Waals surface area contributed by atoms with Gasteiger partial charge in [0.2, 0.25) is 5.28 Å². The lowest BCUT2D eigenvalue weighted by molar-refractivity contribution is -0.124. The predicted octanol–water partition coefficient (Wildman–Crippen LogP) is 1.58. The Balaban J connectivity index is 2.99. The lowest BCUT2D eigenvalue weighted by Crippen LogP contribution is -2.34. The summed E-state index contributed by atoms with van der Waals surface area (Å²) in [4.78, 5) is 29.2. The van der Waals surface area contributed by atoms with E-state index in [4.69, 9.17) is 21.4 Å². The summed E-state index contributed by atoms with van der Waals surface area (Å²) in [6.45, 7) is 5.28. The third-order valence-corrected chi connectivity index (χ3v) is 2.05. The summed E-state index contributed by atoms with van der Waals surface area (Å²) < 4.78 is 5.39. The van der Waals surface area contributed by atoms with Crippen LogP contribution in [-0.2, 0) is 9.53 Å². The van der Waals surface area contributed by atoms with E-state index in [1.165, 1.54) is 0 Å². The predicted molar refractivity (Wildman–Crippen MR) is 68.3 cm³/mol. The average Bonchev–Trinajstić information content (AvgIpc) is 2.25. The number of halogens is 1. The minimum absolute atomic E-state index is 0.0751. The zero-order chi connectivity index (χ0) is 14.6. The quantitative estimate of drug-likeness (QED) is 0.481. The van der Waals surface area contributed by atoms with E-state index in [0.717, 1.165) is 6.20 Å². The molecule has 0 radical (unpaired) electrons. The van der Waals surface area contributed by atoms with E-state index >= 15 is 0 Å². The van der Waals surface area contributed by atoms with Crippen molar-refractivity contribution in [2.75, 3.05) is 5.32 Å². The summed E-state index contributed by atoms with van der Waals surface area (Å²) in [7, 11) is 0. The number of carboxylic acids is 1. The van der Waals surface area contributed by atoms with Gasteiger partial charge in [-0.15, -0.1) is 0 Å². The molecule has 1 aromatic heterocycles. The van der Waals surface area contributed by atoms with Crippen LogP contribution in [0.15, 0.2) is 6.20 Å². The molecule has 1 heterocycles. The Hall–Kier alpha value is -1.73. The van der Waals surface area contributed by atoms with Crippen LogP contribution in [0.4, 0.5) is 5.82 Å². The van der Waals surface area contributed by atoms with Gasteiger partial charge in [-0.2, -0.15) is 4.98 Å². The minimum atomic E-state index is -1.24. The SMILES string of the molecule is CC(C)(C)OC(C=O)Nc1nc(Cl)ncc1C(=O)O. The van der Waals surface area contributed by atoms with Gasteiger partial charge in [-0.25, -0.2) is 9.78 Å². The third kappa shape index (κ3) is 4.80. The third-order valence-electron chi connectivity index (χ3n) is 1.87. The Morgan fingerprint density at radius 1 is 1.58 bits per heavy atom. The molecule has 0 aromatic carbocycles. The highest BCUT2D eigenvalue weighted by Crippen LogP contribution is 2.17. The number of aromatic carboxylic acids is 1. The van der Waals surface area contributed by atoms with Gasteiger partial charge in [0.05, 0.1) is 5.60 Å². The van der Waals surface area contributed by atoms with Crippen LogP contribution < -0.4 is 5.32 Å². The summed E-state index contributed by atoms with van der Waals surface area (Å²) in [6.07, 6.45) is 0.523. The first-order chi connectivity index (χ1) is 8.73. The number of hydrogen-bond acceptors (Lipinski definition) is 6. The molecule has 0 aliphatic carbocycles. The number of hydrogen-bond donors (Lipinski definition) is 2. The standard InChI is InChI=1S/C11H14ClN3O4/c1-11(2,3)19-7(5-16)14-8-6(9(17)18)4-13-10(12)15-8/h4-5,7H,1-3H3,(H,17,18)(H,13,14,15). The second-order valence-corrected chi connectivity index (χ2v) is 4.98. The van der Waals surface area contributed by atoms with Gasteiger partial charge in [0.15, 0.2) is 12.5 Å². The van der Waals surface area contributed by atoms with Gasteiger partial charge in [-0.05, 0) is 32.4 Å². The maximum atomic E-state index is 11.0. The second-order valence-electron chi connectivity index (χ2n) is 4.64. The number of ether oxygens (including phenoxy) is 1. The highest BCUT2D eigenvalue weighted by Gasteiger charge is 2.21. The van der Waals surface area contributed by atoms with Gasteiger partial charge >= 0.3 is 5.97 Å². The number of carboxylic acid groups (broad SMARTS) is 1. The maximum absolute atomic E-state index is 11.0.